The molecule has 0 amide bonds. The molecule has 1 aromatic heterocycles. The first kappa shape index (κ1) is 12.1. The zero-order chi connectivity index (χ0) is 12.3. The van der Waals surface area contributed by atoms with Crippen LogP contribution >= 0.6 is 0 Å². The predicted octanol–water partition coefficient (Wildman–Crippen LogP) is 2.21. The molecule has 0 bridgehead atoms. The molecule has 0 saturated heterocycles. The number of nitrogens with zero attached hydrogens (tertiary/aromatic N) is 1. The third-order valence-corrected chi connectivity index (χ3v) is 2.97. The monoisotopic (exact) mass is 231 g/mol. The van der Waals surface area contributed by atoms with Gasteiger partial charge in [0.05, 0.1) is 0 Å². The Bertz CT molecular complexity index is 473. The number of benzene rings is 1. The summed E-state index contributed by atoms with van der Waals surface area (Å²) in [6.45, 7) is 4.20. The van der Waals surface area contributed by atoms with E-state index in [2.05, 4.69) is 60.5 Å². The van der Waals surface area contributed by atoms with Crippen molar-refractivity contribution in [2.24, 2.45) is 0 Å². The Morgan fingerprint density at radius 3 is 2.88 bits per heavy atom. The topological polar surface area (TPSA) is 31.1 Å². The normalized spacial score (nSPS) is 13.4. The quantitative estimate of drug-likeness (QED) is 0.826. The lowest BCUT2D eigenvalue weighted by molar-refractivity contribution is 0.349. The SMILES string of the molecule is CC(CN(C)C)NCc1cccc2[nH]ccc12. The van der Waals surface area contributed by atoms with Gasteiger partial charge in [-0.05, 0) is 38.7 Å². The van der Waals surface area contributed by atoms with Crippen LogP contribution in [0.2, 0.25) is 0 Å². The average molecular weight is 231 g/mol. The number of fused-ring (bicyclic) bond motifs is 1. The van der Waals surface area contributed by atoms with Crippen molar-refractivity contribution in [3.05, 3.63) is 36.0 Å². The molecule has 17 heavy (non-hydrogen) atoms. The first-order valence-electron chi connectivity index (χ1n) is 6.10. The second kappa shape index (κ2) is 5.34. The average Bonchev–Trinajstić information content (AvgIpc) is 2.73. The van der Waals surface area contributed by atoms with Crippen LogP contribution in [0, 0.1) is 0 Å². The van der Waals surface area contributed by atoms with Crippen molar-refractivity contribution in [2.45, 2.75) is 19.5 Å². The largest absolute Gasteiger partial charge is 0.361 e. The minimum absolute atomic E-state index is 0.499. The molecule has 0 radical (unpaired) electrons. The maximum Gasteiger partial charge on any atom is 0.0457 e. The number of aromatic nitrogens is 1. The second-order valence-electron chi connectivity index (χ2n) is 4.90. The first-order chi connectivity index (χ1) is 8.16. The standard InChI is InChI=1S/C14H21N3/c1-11(10-17(2)3)16-9-12-5-4-6-14-13(12)7-8-15-14/h4-8,11,15-16H,9-10H2,1-3H3. The smallest absolute Gasteiger partial charge is 0.0457 e. The third-order valence-electron chi connectivity index (χ3n) is 2.97. The lowest BCUT2D eigenvalue weighted by atomic mass is 10.1. The summed E-state index contributed by atoms with van der Waals surface area (Å²) >= 11 is 0. The zero-order valence-electron chi connectivity index (χ0n) is 10.8. The highest BCUT2D eigenvalue weighted by Crippen LogP contribution is 2.17. The van der Waals surface area contributed by atoms with Crippen molar-refractivity contribution in [2.75, 3.05) is 20.6 Å². The molecule has 0 aliphatic carbocycles. The van der Waals surface area contributed by atoms with Gasteiger partial charge in [-0.3, -0.25) is 0 Å². The lowest BCUT2D eigenvalue weighted by Gasteiger charge is -2.18. The Hall–Kier alpha value is -1.32. The molecular formula is C14H21N3. The maximum absolute atomic E-state index is 3.56. The van der Waals surface area contributed by atoms with Crippen molar-refractivity contribution in [3.63, 3.8) is 0 Å². The van der Waals surface area contributed by atoms with E-state index >= 15 is 0 Å². The van der Waals surface area contributed by atoms with Crippen LogP contribution in [0.15, 0.2) is 30.5 Å². The van der Waals surface area contributed by atoms with Gasteiger partial charge in [-0.25, -0.2) is 0 Å². The molecule has 92 valence electrons. The Morgan fingerprint density at radius 2 is 2.12 bits per heavy atom. The molecule has 0 saturated carbocycles. The van der Waals surface area contributed by atoms with E-state index in [4.69, 9.17) is 0 Å². The molecule has 2 rings (SSSR count). The van der Waals surface area contributed by atoms with E-state index in [0.717, 1.165) is 13.1 Å². The van der Waals surface area contributed by atoms with Crippen LogP contribution in [-0.2, 0) is 6.54 Å². The van der Waals surface area contributed by atoms with Crippen LogP contribution in [0.3, 0.4) is 0 Å². The molecule has 2 aromatic rings. The summed E-state index contributed by atoms with van der Waals surface area (Å²) in [5.41, 5.74) is 2.57. The minimum atomic E-state index is 0.499. The van der Waals surface area contributed by atoms with Gasteiger partial charge in [0.15, 0.2) is 0 Å². The zero-order valence-corrected chi connectivity index (χ0v) is 10.8. The van der Waals surface area contributed by atoms with Crippen molar-refractivity contribution in [3.8, 4) is 0 Å². The number of rotatable bonds is 5. The molecule has 3 nitrogen and oxygen atoms in total. The van der Waals surface area contributed by atoms with Gasteiger partial charge >= 0.3 is 0 Å². The van der Waals surface area contributed by atoms with E-state index in [1.807, 2.05) is 6.20 Å². The number of aromatic amines is 1. The Labute approximate surface area is 103 Å². The van der Waals surface area contributed by atoms with Gasteiger partial charge in [-0.15, -0.1) is 0 Å². The van der Waals surface area contributed by atoms with Crippen molar-refractivity contribution in [1.29, 1.82) is 0 Å². The minimum Gasteiger partial charge on any atom is -0.361 e. The summed E-state index contributed by atoms with van der Waals surface area (Å²) in [5, 5.41) is 4.87. The molecule has 2 N–H and O–H groups in total. The fraction of sp³-hybridized carbons (Fsp3) is 0.429. The summed E-state index contributed by atoms with van der Waals surface area (Å²) in [6.07, 6.45) is 2.00. The molecule has 0 spiro atoms. The first-order valence-corrected chi connectivity index (χ1v) is 6.10. The van der Waals surface area contributed by atoms with E-state index in [9.17, 15) is 0 Å². The molecule has 0 aliphatic heterocycles. The van der Waals surface area contributed by atoms with Crippen LogP contribution in [0.25, 0.3) is 10.9 Å². The van der Waals surface area contributed by atoms with E-state index in [1.165, 1.54) is 16.5 Å². The Kier molecular flexibility index (Phi) is 3.82. The van der Waals surface area contributed by atoms with E-state index in [-0.39, 0.29) is 0 Å². The van der Waals surface area contributed by atoms with E-state index < -0.39 is 0 Å². The van der Waals surface area contributed by atoms with Crippen LogP contribution < -0.4 is 5.32 Å². The predicted molar refractivity (Wildman–Crippen MR) is 73.2 cm³/mol. The molecular weight excluding hydrogens is 210 g/mol. The summed E-state index contributed by atoms with van der Waals surface area (Å²) in [7, 11) is 4.20. The van der Waals surface area contributed by atoms with Crippen molar-refractivity contribution < 1.29 is 0 Å². The number of likely N-dealkylation sites (N-methyl/N-ethyl adjacent to an activating group) is 1. The summed E-state index contributed by atoms with van der Waals surface area (Å²) in [5.74, 6) is 0. The summed E-state index contributed by atoms with van der Waals surface area (Å²) < 4.78 is 0. The molecule has 3 heteroatoms. The molecule has 1 unspecified atom stereocenters. The fourth-order valence-electron chi connectivity index (χ4n) is 2.20. The van der Waals surface area contributed by atoms with E-state index in [1.54, 1.807) is 0 Å². The number of hydrogen-bond acceptors (Lipinski definition) is 2. The Balaban J connectivity index is 2.01. The van der Waals surface area contributed by atoms with Gasteiger partial charge in [-0.1, -0.05) is 12.1 Å². The van der Waals surface area contributed by atoms with Crippen LogP contribution in [0.5, 0.6) is 0 Å². The van der Waals surface area contributed by atoms with Crippen molar-refractivity contribution in [1.82, 2.24) is 15.2 Å². The second-order valence-corrected chi connectivity index (χ2v) is 4.90. The number of H-pyrrole nitrogens is 1. The van der Waals surface area contributed by atoms with Gasteiger partial charge < -0.3 is 15.2 Å². The van der Waals surface area contributed by atoms with Crippen LogP contribution in [0.4, 0.5) is 0 Å². The lowest BCUT2D eigenvalue weighted by Crippen LogP contribution is -2.35. The van der Waals surface area contributed by atoms with Gasteiger partial charge in [0.1, 0.15) is 0 Å². The van der Waals surface area contributed by atoms with Crippen LogP contribution in [-0.4, -0.2) is 36.6 Å². The maximum atomic E-state index is 3.56. The van der Waals surface area contributed by atoms with Gasteiger partial charge in [0, 0.05) is 36.2 Å². The number of nitrogens with one attached hydrogen (secondary N) is 2. The highest BCUT2D eigenvalue weighted by atomic mass is 15.1. The highest BCUT2D eigenvalue weighted by molar-refractivity contribution is 5.82. The summed E-state index contributed by atoms with van der Waals surface area (Å²) in [6, 6.07) is 9.04. The highest BCUT2D eigenvalue weighted by Gasteiger charge is 2.05. The molecule has 1 heterocycles. The molecule has 1 aromatic carbocycles. The molecule has 0 aliphatic rings. The Morgan fingerprint density at radius 1 is 1.29 bits per heavy atom. The van der Waals surface area contributed by atoms with Crippen molar-refractivity contribution >= 4 is 10.9 Å². The van der Waals surface area contributed by atoms with Crippen LogP contribution in [0.1, 0.15) is 12.5 Å². The van der Waals surface area contributed by atoms with E-state index in [0.29, 0.717) is 6.04 Å². The molecule has 0 fully saturated rings. The number of hydrogen-bond donors (Lipinski definition) is 2. The van der Waals surface area contributed by atoms with Gasteiger partial charge in [-0.2, -0.15) is 0 Å². The van der Waals surface area contributed by atoms with Gasteiger partial charge in [0.25, 0.3) is 0 Å². The summed E-state index contributed by atoms with van der Waals surface area (Å²) in [4.78, 5) is 5.45. The third kappa shape index (κ3) is 3.08. The van der Waals surface area contributed by atoms with Gasteiger partial charge in [0.2, 0.25) is 0 Å². The molecule has 1 atom stereocenters. The fourth-order valence-corrected chi connectivity index (χ4v) is 2.20.